The van der Waals surface area contributed by atoms with Crippen LogP contribution in [0.25, 0.3) is 0 Å². The average Bonchev–Trinajstić information content (AvgIpc) is 3.12. The van der Waals surface area contributed by atoms with Crippen LogP contribution in [0.4, 0.5) is 4.79 Å². The van der Waals surface area contributed by atoms with Gasteiger partial charge < -0.3 is 20.1 Å². The topological polar surface area (TPSA) is 59.6 Å². The molecule has 5 nitrogen and oxygen atoms in total. The third-order valence-electron chi connectivity index (χ3n) is 3.28. The first-order chi connectivity index (χ1) is 10.3. The van der Waals surface area contributed by atoms with Gasteiger partial charge in [0, 0.05) is 18.6 Å². The lowest BCUT2D eigenvalue weighted by molar-refractivity contribution is 0.0522. The predicted molar refractivity (Wildman–Crippen MR) is 86.4 cm³/mol. The maximum atomic E-state index is 11.7. The van der Waals surface area contributed by atoms with Gasteiger partial charge in [-0.15, -0.1) is 0 Å². The standard InChI is InChI=1S/C16H23ClN2O3/c1-16(2,3)22-15(20)19-13-8-12(13)18-9-10-5-6-14(21-4)11(17)7-10/h5-7,12-13,18H,8-9H2,1-4H3,(H,19,20). The number of methoxy groups -OCH3 is 1. The van der Waals surface area contributed by atoms with E-state index >= 15 is 0 Å². The highest BCUT2D eigenvalue weighted by Gasteiger charge is 2.38. The minimum absolute atomic E-state index is 0.128. The molecule has 1 aromatic rings. The van der Waals surface area contributed by atoms with Gasteiger partial charge in [-0.3, -0.25) is 0 Å². The molecule has 0 aromatic heterocycles. The van der Waals surface area contributed by atoms with E-state index in [0.717, 1.165) is 12.0 Å². The van der Waals surface area contributed by atoms with Gasteiger partial charge in [-0.2, -0.15) is 0 Å². The van der Waals surface area contributed by atoms with Crippen LogP contribution in [-0.2, 0) is 11.3 Å². The predicted octanol–water partition coefficient (Wildman–Crippen LogP) is 3.10. The number of ether oxygens (including phenoxy) is 2. The van der Waals surface area contributed by atoms with Crippen molar-refractivity contribution in [2.45, 2.75) is 51.4 Å². The first kappa shape index (κ1) is 16.9. The van der Waals surface area contributed by atoms with Crippen LogP contribution in [0.5, 0.6) is 5.75 Å². The zero-order valence-corrected chi connectivity index (χ0v) is 14.2. The molecule has 0 heterocycles. The lowest BCUT2D eigenvalue weighted by Gasteiger charge is -2.19. The number of carbonyl (C=O) groups is 1. The van der Waals surface area contributed by atoms with E-state index in [0.29, 0.717) is 17.3 Å². The first-order valence-electron chi connectivity index (χ1n) is 7.34. The van der Waals surface area contributed by atoms with E-state index in [4.69, 9.17) is 21.1 Å². The number of amides is 1. The Morgan fingerprint density at radius 1 is 1.36 bits per heavy atom. The van der Waals surface area contributed by atoms with Crippen molar-refractivity contribution in [3.05, 3.63) is 28.8 Å². The zero-order chi connectivity index (χ0) is 16.3. The van der Waals surface area contributed by atoms with Crippen molar-refractivity contribution in [2.75, 3.05) is 7.11 Å². The summed E-state index contributed by atoms with van der Waals surface area (Å²) in [4.78, 5) is 11.7. The lowest BCUT2D eigenvalue weighted by Crippen LogP contribution is -2.36. The van der Waals surface area contributed by atoms with Crippen LogP contribution in [0, 0.1) is 0 Å². The quantitative estimate of drug-likeness (QED) is 0.873. The van der Waals surface area contributed by atoms with Gasteiger partial charge in [0.05, 0.1) is 12.1 Å². The maximum Gasteiger partial charge on any atom is 0.407 e. The molecule has 0 spiro atoms. The van der Waals surface area contributed by atoms with Crippen molar-refractivity contribution >= 4 is 17.7 Å². The van der Waals surface area contributed by atoms with Crippen LogP contribution in [0.15, 0.2) is 18.2 Å². The van der Waals surface area contributed by atoms with Crippen LogP contribution in [0.2, 0.25) is 5.02 Å². The zero-order valence-electron chi connectivity index (χ0n) is 13.4. The van der Waals surface area contributed by atoms with Crippen molar-refractivity contribution in [3.8, 4) is 5.75 Å². The number of halogens is 1. The molecule has 6 heteroatoms. The molecule has 0 radical (unpaired) electrons. The van der Waals surface area contributed by atoms with Gasteiger partial charge >= 0.3 is 6.09 Å². The van der Waals surface area contributed by atoms with Crippen molar-refractivity contribution in [2.24, 2.45) is 0 Å². The fourth-order valence-corrected chi connectivity index (χ4v) is 2.39. The van der Waals surface area contributed by atoms with Crippen LogP contribution in [0.3, 0.4) is 0 Å². The number of rotatable bonds is 5. The molecular weight excluding hydrogens is 304 g/mol. The fourth-order valence-electron chi connectivity index (χ4n) is 2.11. The summed E-state index contributed by atoms with van der Waals surface area (Å²) in [6, 6.07) is 6.10. The van der Waals surface area contributed by atoms with Crippen LogP contribution in [0.1, 0.15) is 32.8 Å². The molecule has 1 aromatic carbocycles. The lowest BCUT2D eigenvalue weighted by atomic mass is 10.2. The minimum atomic E-state index is -0.470. The molecular formula is C16H23ClN2O3. The Morgan fingerprint density at radius 3 is 2.68 bits per heavy atom. The van der Waals surface area contributed by atoms with Crippen molar-refractivity contribution in [1.82, 2.24) is 10.6 Å². The maximum absolute atomic E-state index is 11.7. The fraction of sp³-hybridized carbons (Fsp3) is 0.562. The molecule has 0 saturated heterocycles. The van der Waals surface area contributed by atoms with Gasteiger partial charge in [-0.25, -0.2) is 4.79 Å². The highest BCUT2D eigenvalue weighted by molar-refractivity contribution is 6.32. The van der Waals surface area contributed by atoms with Crippen LogP contribution in [-0.4, -0.2) is 30.9 Å². The smallest absolute Gasteiger partial charge is 0.407 e. The molecule has 2 N–H and O–H groups in total. The van der Waals surface area contributed by atoms with Gasteiger partial charge in [0.2, 0.25) is 0 Å². The second-order valence-corrected chi connectivity index (χ2v) is 6.85. The third kappa shape index (κ3) is 5.07. The number of nitrogens with one attached hydrogen (secondary N) is 2. The van der Waals surface area contributed by atoms with Crippen LogP contribution < -0.4 is 15.4 Å². The van der Waals surface area contributed by atoms with Gasteiger partial charge in [0.1, 0.15) is 11.4 Å². The number of benzene rings is 1. The highest BCUT2D eigenvalue weighted by atomic mass is 35.5. The molecule has 1 amide bonds. The van der Waals surface area contributed by atoms with Gasteiger partial charge in [0.25, 0.3) is 0 Å². The molecule has 22 heavy (non-hydrogen) atoms. The Labute approximate surface area is 136 Å². The summed E-state index contributed by atoms with van der Waals surface area (Å²) in [6.07, 6.45) is 0.539. The highest BCUT2D eigenvalue weighted by Crippen LogP contribution is 2.26. The Hall–Kier alpha value is -1.46. The normalized spacial score (nSPS) is 20.4. The molecule has 2 rings (SSSR count). The van der Waals surface area contributed by atoms with E-state index in [1.165, 1.54) is 0 Å². The summed E-state index contributed by atoms with van der Waals surface area (Å²) < 4.78 is 10.4. The first-order valence-corrected chi connectivity index (χ1v) is 7.71. The van der Waals surface area contributed by atoms with E-state index < -0.39 is 5.60 Å². The number of carbonyl (C=O) groups excluding carboxylic acids is 1. The molecule has 1 aliphatic rings. The number of alkyl carbamates (subject to hydrolysis) is 1. The summed E-state index contributed by atoms with van der Waals surface area (Å²) in [5.74, 6) is 0.668. The molecule has 0 bridgehead atoms. The molecule has 2 unspecified atom stereocenters. The largest absolute Gasteiger partial charge is 0.495 e. The minimum Gasteiger partial charge on any atom is -0.495 e. The summed E-state index contributed by atoms with van der Waals surface area (Å²) in [7, 11) is 1.59. The van der Waals surface area contributed by atoms with Gasteiger partial charge in [-0.05, 0) is 44.9 Å². The Morgan fingerprint density at radius 2 is 2.09 bits per heavy atom. The van der Waals surface area contributed by atoms with Crippen molar-refractivity contribution in [3.63, 3.8) is 0 Å². The Bertz CT molecular complexity index is 543. The van der Waals surface area contributed by atoms with Crippen molar-refractivity contribution in [1.29, 1.82) is 0 Å². The second kappa shape index (κ2) is 6.75. The third-order valence-corrected chi connectivity index (χ3v) is 3.57. The second-order valence-electron chi connectivity index (χ2n) is 6.44. The van der Waals surface area contributed by atoms with Gasteiger partial charge in [-0.1, -0.05) is 17.7 Å². The van der Waals surface area contributed by atoms with E-state index in [9.17, 15) is 4.79 Å². The number of hydrogen-bond donors (Lipinski definition) is 2. The molecule has 122 valence electrons. The summed E-state index contributed by atoms with van der Waals surface area (Å²) >= 11 is 6.09. The SMILES string of the molecule is COc1ccc(CNC2CC2NC(=O)OC(C)(C)C)cc1Cl. The number of hydrogen-bond acceptors (Lipinski definition) is 4. The monoisotopic (exact) mass is 326 g/mol. The molecule has 0 aliphatic heterocycles. The molecule has 1 saturated carbocycles. The Kier molecular flexibility index (Phi) is 5.19. The summed E-state index contributed by atoms with van der Waals surface area (Å²) in [5.41, 5.74) is 0.607. The molecule has 1 aliphatic carbocycles. The van der Waals surface area contributed by atoms with Crippen molar-refractivity contribution < 1.29 is 14.3 Å². The van der Waals surface area contributed by atoms with E-state index in [2.05, 4.69) is 10.6 Å². The Balaban J connectivity index is 1.74. The summed E-state index contributed by atoms with van der Waals surface area (Å²) in [6.45, 7) is 6.24. The average molecular weight is 327 g/mol. The van der Waals surface area contributed by atoms with Crippen LogP contribution >= 0.6 is 11.6 Å². The summed E-state index contributed by atoms with van der Waals surface area (Å²) in [5, 5.41) is 6.84. The molecule has 2 atom stereocenters. The van der Waals surface area contributed by atoms with E-state index in [1.807, 2.05) is 39.0 Å². The van der Waals surface area contributed by atoms with E-state index in [-0.39, 0.29) is 18.2 Å². The van der Waals surface area contributed by atoms with E-state index in [1.54, 1.807) is 7.11 Å². The van der Waals surface area contributed by atoms with Gasteiger partial charge in [0.15, 0.2) is 0 Å². The molecule has 1 fully saturated rings.